The van der Waals surface area contributed by atoms with Crippen molar-refractivity contribution in [1.82, 2.24) is 9.97 Å². The van der Waals surface area contributed by atoms with E-state index in [-0.39, 0.29) is 5.82 Å². The molecule has 0 aliphatic carbocycles. The second-order valence-electron chi connectivity index (χ2n) is 3.98. The summed E-state index contributed by atoms with van der Waals surface area (Å²) in [6.45, 7) is 2.02. The molecular weight excluding hydrogens is 239 g/mol. The maximum Gasteiger partial charge on any atom is 0.130 e. The summed E-state index contributed by atoms with van der Waals surface area (Å²) in [5.74, 6) is -0.246. The van der Waals surface area contributed by atoms with Gasteiger partial charge in [0.15, 0.2) is 0 Å². The van der Waals surface area contributed by atoms with E-state index in [9.17, 15) is 4.39 Å². The van der Waals surface area contributed by atoms with Gasteiger partial charge >= 0.3 is 0 Å². The molecule has 2 heterocycles. The summed E-state index contributed by atoms with van der Waals surface area (Å²) < 4.78 is 13.3. The minimum absolute atomic E-state index is 0.246. The van der Waals surface area contributed by atoms with E-state index in [0.717, 1.165) is 33.9 Å². The van der Waals surface area contributed by atoms with Gasteiger partial charge in [0.2, 0.25) is 0 Å². The Morgan fingerprint density at radius 2 is 2.12 bits per heavy atom. The zero-order chi connectivity index (χ0) is 12.0. The predicted octanol–water partition coefficient (Wildman–Crippen LogP) is 4.07. The molecule has 0 aliphatic heterocycles. The highest BCUT2D eigenvalue weighted by Gasteiger charge is 2.10. The summed E-state index contributed by atoms with van der Waals surface area (Å²) >= 11 is 5.98. The number of hydrogen-bond donors (Lipinski definition) is 1. The average molecular weight is 249 g/mol. The van der Waals surface area contributed by atoms with Crippen molar-refractivity contribution in [3.05, 3.63) is 40.9 Å². The number of aromatic nitrogens is 2. The summed E-state index contributed by atoms with van der Waals surface area (Å²) in [4.78, 5) is 7.54. The van der Waals surface area contributed by atoms with Gasteiger partial charge in [-0.3, -0.25) is 0 Å². The van der Waals surface area contributed by atoms with Crippen LogP contribution < -0.4 is 0 Å². The van der Waals surface area contributed by atoms with E-state index in [2.05, 4.69) is 9.97 Å². The van der Waals surface area contributed by atoms with Crippen LogP contribution in [0.3, 0.4) is 0 Å². The van der Waals surface area contributed by atoms with E-state index in [1.807, 2.05) is 6.92 Å². The third-order valence-electron chi connectivity index (χ3n) is 2.93. The van der Waals surface area contributed by atoms with Gasteiger partial charge in [0.25, 0.3) is 0 Å². The van der Waals surface area contributed by atoms with Crippen molar-refractivity contribution in [3.63, 3.8) is 0 Å². The molecule has 0 bridgehead atoms. The molecule has 0 amide bonds. The summed E-state index contributed by atoms with van der Waals surface area (Å²) in [5, 5.41) is 2.22. The van der Waals surface area contributed by atoms with Crippen molar-refractivity contribution in [2.45, 2.75) is 13.3 Å². The number of benzene rings is 1. The third-order valence-corrected chi connectivity index (χ3v) is 3.12. The smallest absolute Gasteiger partial charge is 0.130 e. The van der Waals surface area contributed by atoms with Crippen LogP contribution >= 0.6 is 11.6 Å². The second-order valence-corrected chi connectivity index (χ2v) is 4.37. The number of nitrogens with zero attached hydrogens (tertiary/aromatic N) is 1. The van der Waals surface area contributed by atoms with Gasteiger partial charge in [0.1, 0.15) is 11.0 Å². The number of rotatable bonds is 1. The van der Waals surface area contributed by atoms with Gasteiger partial charge in [-0.15, -0.1) is 0 Å². The lowest BCUT2D eigenvalue weighted by Gasteiger charge is -1.99. The molecule has 3 rings (SSSR count). The van der Waals surface area contributed by atoms with Crippen molar-refractivity contribution >= 4 is 33.4 Å². The number of hydrogen-bond acceptors (Lipinski definition) is 1. The average Bonchev–Trinajstić information content (AvgIpc) is 2.66. The summed E-state index contributed by atoms with van der Waals surface area (Å²) in [6.07, 6.45) is 0.784. The molecule has 0 fully saturated rings. The van der Waals surface area contributed by atoms with Crippen LogP contribution in [0.4, 0.5) is 4.39 Å². The van der Waals surface area contributed by atoms with Gasteiger partial charge < -0.3 is 4.98 Å². The lowest BCUT2D eigenvalue weighted by molar-refractivity contribution is 0.630. The Morgan fingerprint density at radius 1 is 1.29 bits per heavy atom. The second kappa shape index (κ2) is 3.70. The van der Waals surface area contributed by atoms with Crippen LogP contribution in [0.2, 0.25) is 5.15 Å². The van der Waals surface area contributed by atoms with Gasteiger partial charge in [0.05, 0.1) is 11.2 Å². The van der Waals surface area contributed by atoms with Gasteiger partial charge in [-0.2, -0.15) is 0 Å². The fourth-order valence-corrected chi connectivity index (χ4v) is 2.37. The monoisotopic (exact) mass is 248 g/mol. The number of H-pyrrole nitrogens is 1. The fraction of sp³-hybridized carbons (Fsp3) is 0.154. The first-order valence-electron chi connectivity index (χ1n) is 5.45. The Kier molecular flexibility index (Phi) is 2.30. The SMILES string of the molecule is CCc1nc(Cl)cc2c1[nH]c1ccc(F)cc12. The fourth-order valence-electron chi connectivity index (χ4n) is 2.15. The number of nitrogens with one attached hydrogen (secondary N) is 1. The molecule has 2 aromatic heterocycles. The van der Waals surface area contributed by atoms with Crippen LogP contribution in [0.15, 0.2) is 24.3 Å². The van der Waals surface area contributed by atoms with Crippen molar-refractivity contribution in [3.8, 4) is 0 Å². The predicted molar refractivity (Wildman–Crippen MR) is 67.9 cm³/mol. The number of pyridine rings is 1. The molecular formula is C13H10ClFN2. The molecule has 17 heavy (non-hydrogen) atoms. The standard InChI is InChI=1S/C13H10ClFN2/c1-2-10-13-9(6-12(14)16-10)8-5-7(15)3-4-11(8)17-13/h3-6,17H,2H2,1H3. The van der Waals surface area contributed by atoms with Crippen molar-refractivity contribution in [1.29, 1.82) is 0 Å². The van der Waals surface area contributed by atoms with Gasteiger partial charge in [-0.1, -0.05) is 18.5 Å². The molecule has 1 N–H and O–H groups in total. The van der Waals surface area contributed by atoms with Crippen LogP contribution in [-0.4, -0.2) is 9.97 Å². The Bertz CT molecular complexity index is 718. The summed E-state index contributed by atoms with van der Waals surface area (Å²) in [6, 6.07) is 6.47. The van der Waals surface area contributed by atoms with E-state index < -0.39 is 0 Å². The van der Waals surface area contributed by atoms with Crippen LogP contribution in [0, 0.1) is 5.82 Å². The molecule has 0 radical (unpaired) electrons. The molecule has 0 unspecified atom stereocenters. The molecule has 3 aromatic rings. The summed E-state index contributed by atoms with van der Waals surface area (Å²) in [5.41, 5.74) is 2.75. The first kappa shape index (κ1) is 10.5. The molecule has 2 nitrogen and oxygen atoms in total. The number of aryl methyl sites for hydroxylation is 1. The quantitative estimate of drug-likeness (QED) is 0.646. The maximum absolute atomic E-state index is 13.3. The van der Waals surface area contributed by atoms with E-state index >= 15 is 0 Å². The molecule has 0 atom stereocenters. The van der Waals surface area contributed by atoms with E-state index in [4.69, 9.17) is 11.6 Å². The first-order chi connectivity index (χ1) is 8.19. The Hall–Kier alpha value is -1.61. The summed E-state index contributed by atoms with van der Waals surface area (Å²) in [7, 11) is 0. The Labute approximate surface area is 102 Å². The molecule has 86 valence electrons. The lowest BCUT2D eigenvalue weighted by Crippen LogP contribution is -1.88. The lowest BCUT2D eigenvalue weighted by atomic mass is 10.1. The molecule has 1 aromatic carbocycles. The van der Waals surface area contributed by atoms with Gasteiger partial charge in [-0.05, 0) is 30.7 Å². The molecule has 0 spiro atoms. The van der Waals surface area contributed by atoms with Gasteiger partial charge in [-0.25, -0.2) is 9.37 Å². The molecule has 0 aliphatic rings. The molecule has 4 heteroatoms. The highest BCUT2D eigenvalue weighted by molar-refractivity contribution is 6.30. The zero-order valence-electron chi connectivity index (χ0n) is 9.22. The minimum Gasteiger partial charge on any atom is -0.353 e. The van der Waals surface area contributed by atoms with Crippen LogP contribution in [0.1, 0.15) is 12.6 Å². The van der Waals surface area contributed by atoms with E-state index in [1.165, 1.54) is 12.1 Å². The molecule has 0 saturated heterocycles. The minimum atomic E-state index is -0.246. The first-order valence-corrected chi connectivity index (χ1v) is 5.83. The zero-order valence-corrected chi connectivity index (χ0v) is 9.98. The van der Waals surface area contributed by atoms with E-state index in [0.29, 0.717) is 5.15 Å². The van der Waals surface area contributed by atoms with Gasteiger partial charge in [0, 0.05) is 16.3 Å². The largest absolute Gasteiger partial charge is 0.353 e. The highest BCUT2D eigenvalue weighted by atomic mass is 35.5. The number of fused-ring (bicyclic) bond motifs is 3. The third kappa shape index (κ3) is 1.58. The van der Waals surface area contributed by atoms with Crippen LogP contribution in [0.5, 0.6) is 0 Å². The van der Waals surface area contributed by atoms with Crippen molar-refractivity contribution in [2.24, 2.45) is 0 Å². The normalized spacial score (nSPS) is 11.5. The van der Waals surface area contributed by atoms with Crippen molar-refractivity contribution < 1.29 is 4.39 Å². The van der Waals surface area contributed by atoms with Crippen molar-refractivity contribution in [2.75, 3.05) is 0 Å². The molecule has 0 saturated carbocycles. The highest BCUT2D eigenvalue weighted by Crippen LogP contribution is 2.29. The Morgan fingerprint density at radius 3 is 2.88 bits per heavy atom. The van der Waals surface area contributed by atoms with Crippen LogP contribution in [0.25, 0.3) is 21.8 Å². The van der Waals surface area contributed by atoms with E-state index in [1.54, 1.807) is 12.1 Å². The number of halogens is 2. The maximum atomic E-state index is 13.3. The van der Waals surface area contributed by atoms with Crippen LogP contribution in [-0.2, 0) is 6.42 Å². The Balaban J connectivity index is 2.52. The topological polar surface area (TPSA) is 28.7 Å². The number of aromatic amines is 1.